The molecule has 2 amide bonds. The molecule has 0 atom stereocenters. The Morgan fingerprint density at radius 3 is 2.32 bits per heavy atom. The van der Waals surface area contributed by atoms with Crippen molar-refractivity contribution >= 4 is 35.1 Å². The minimum absolute atomic E-state index is 0.0189. The van der Waals surface area contributed by atoms with E-state index in [1.807, 2.05) is 56.3 Å². The summed E-state index contributed by atoms with van der Waals surface area (Å²) in [5.74, 6) is -0.991. The lowest BCUT2D eigenvalue weighted by Crippen LogP contribution is -2.34. The first-order valence-electron chi connectivity index (χ1n) is 10.8. The Labute approximate surface area is 202 Å². The number of nitrogens with one attached hydrogen (secondary N) is 1. The van der Waals surface area contributed by atoms with Gasteiger partial charge >= 0.3 is 5.97 Å². The molecule has 0 saturated carbocycles. The lowest BCUT2D eigenvalue weighted by atomic mass is 10.1. The summed E-state index contributed by atoms with van der Waals surface area (Å²) in [6.45, 7) is 4.07. The molecule has 172 valence electrons. The predicted molar refractivity (Wildman–Crippen MR) is 131 cm³/mol. The zero-order chi connectivity index (χ0) is 24.2. The van der Waals surface area contributed by atoms with Gasteiger partial charge in [0.15, 0.2) is 0 Å². The third kappa shape index (κ3) is 4.87. The maximum absolute atomic E-state index is 12.8. The van der Waals surface area contributed by atoms with Gasteiger partial charge in [0.1, 0.15) is 16.5 Å². The zero-order valence-corrected chi connectivity index (χ0v) is 19.6. The van der Waals surface area contributed by atoms with Gasteiger partial charge in [-0.2, -0.15) is 0 Å². The third-order valence-electron chi connectivity index (χ3n) is 5.73. The van der Waals surface area contributed by atoms with Gasteiger partial charge in [0.2, 0.25) is 0 Å². The molecule has 0 fully saturated rings. The van der Waals surface area contributed by atoms with Crippen LogP contribution in [0.5, 0.6) is 5.75 Å². The number of hydrogen-bond acceptors (Lipinski definition) is 5. The molecule has 0 saturated heterocycles. The number of imide groups is 1. The first-order valence-corrected chi connectivity index (χ1v) is 11.2. The van der Waals surface area contributed by atoms with Gasteiger partial charge in [-0.15, -0.1) is 0 Å². The van der Waals surface area contributed by atoms with Crippen LogP contribution in [0.1, 0.15) is 27.0 Å². The van der Waals surface area contributed by atoms with Crippen molar-refractivity contribution in [1.82, 2.24) is 4.90 Å². The van der Waals surface area contributed by atoms with Gasteiger partial charge < -0.3 is 10.1 Å². The number of amides is 2. The summed E-state index contributed by atoms with van der Waals surface area (Å²) < 4.78 is 5.52. The second kappa shape index (κ2) is 9.93. The van der Waals surface area contributed by atoms with Crippen LogP contribution in [0.25, 0.3) is 0 Å². The SMILES string of the molecule is Cc1cccc(OC(=O)c2ccc(NC3=C(Cl)C(=O)N(CCc4ccccc4)C3=O)cc2)c1C. The fourth-order valence-electron chi connectivity index (χ4n) is 3.57. The van der Waals surface area contributed by atoms with Crippen LogP contribution in [0.4, 0.5) is 5.69 Å². The number of rotatable bonds is 7. The van der Waals surface area contributed by atoms with Crippen LogP contribution in [0.3, 0.4) is 0 Å². The molecular formula is C27H23ClN2O4. The van der Waals surface area contributed by atoms with E-state index in [9.17, 15) is 14.4 Å². The molecule has 1 N–H and O–H groups in total. The highest BCUT2D eigenvalue weighted by Gasteiger charge is 2.37. The van der Waals surface area contributed by atoms with Crippen molar-refractivity contribution in [3.05, 3.63) is 106 Å². The average molecular weight is 475 g/mol. The maximum Gasteiger partial charge on any atom is 0.343 e. The highest BCUT2D eigenvalue weighted by molar-refractivity contribution is 6.48. The van der Waals surface area contributed by atoms with Crippen molar-refractivity contribution in [3.8, 4) is 5.75 Å². The fourth-order valence-corrected chi connectivity index (χ4v) is 3.80. The van der Waals surface area contributed by atoms with E-state index in [1.165, 1.54) is 0 Å². The van der Waals surface area contributed by atoms with Crippen molar-refractivity contribution in [1.29, 1.82) is 0 Å². The Bertz CT molecular complexity index is 1280. The molecule has 1 aliphatic rings. The summed E-state index contributed by atoms with van der Waals surface area (Å²) in [7, 11) is 0. The van der Waals surface area contributed by atoms with Gasteiger partial charge in [0.25, 0.3) is 11.8 Å². The molecule has 0 unspecified atom stereocenters. The summed E-state index contributed by atoms with van der Waals surface area (Å²) >= 11 is 6.18. The molecule has 3 aromatic carbocycles. The van der Waals surface area contributed by atoms with Crippen LogP contribution in [-0.4, -0.2) is 29.2 Å². The maximum atomic E-state index is 12.8. The number of esters is 1. The average Bonchev–Trinajstić information content (AvgIpc) is 3.04. The topological polar surface area (TPSA) is 75.7 Å². The van der Waals surface area contributed by atoms with Gasteiger partial charge in [0.05, 0.1) is 5.56 Å². The summed E-state index contributed by atoms with van der Waals surface area (Å²) in [4.78, 5) is 39.0. The number of hydrogen-bond donors (Lipinski definition) is 1. The monoisotopic (exact) mass is 474 g/mol. The van der Waals surface area contributed by atoms with E-state index in [4.69, 9.17) is 16.3 Å². The van der Waals surface area contributed by atoms with Gasteiger partial charge in [-0.3, -0.25) is 14.5 Å². The molecule has 3 aromatic rings. The normalized spacial score (nSPS) is 13.4. The number of benzene rings is 3. The lowest BCUT2D eigenvalue weighted by Gasteiger charge is -2.15. The number of carbonyl (C=O) groups is 3. The van der Waals surface area contributed by atoms with Gasteiger partial charge in [-0.25, -0.2) is 4.79 Å². The van der Waals surface area contributed by atoms with Gasteiger partial charge in [0, 0.05) is 12.2 Å². The van der Waals surface area contributed by atoms with Crippen LogP contribution < -0.4 is 10.1 Å². The number of nitrogens with zero attached hydrogens (tertiary/aromatic N) is 1. The Kier molecular flexibility index (Phi) is 6.80. The highest BCUT2D eigenvalue weighted by Crippen LogP contribution is 2.26. The number of halogens is 1. The van der Waals surface area contributed by atoms with E-state index in [2.05, 4.69) is 5.32 Å². The highest BCUT2D eigenvalue weighted by atomic mass is 35.5. The molecule has 0 bridgehead atoms. The number of carbonyl (C=O) groups excluding carboxylic acids is 3. The minimum Gasteiger partial charge on any atom is -0.423 e. The Hall–Kier alpha value is -3.90. The molecule has 0 spiro atoms. The van der Waals surface area contributed by atoms with E-state index in [0.29, 0.717) is 23.4 Å². The summed E-state index contributed by atoms with van der Waals surface area (Å²) in [6.07, 6.45) is 0.535. The molecule has 0 radical (unpaired) electrons. The summed E-state index contributed by atoms with van der Waals surface area (Å²) in [6, 6.07) is 21.5. The number of anilines is 1. The second-order valence-corrected chi connectivity index (χ2v) is 8.35. The molecule has 4 rings (SSSR count). The third-order valence-corrected chi connectivity index (χ3v) is 6.08. The van der Waals surface area contributed by atoms with E-state index in [-0.39, 0.29) is 17.3 Å². The lowest BCUT2D eigenvalue weighted by molar-refractivity contribution is -0.137. The largest absolute Gasteiger partial charge is 0.423 e. The summed E-state index contributed by atoms with van der Waals surface area (Å²) in [5.41, 5.74) is 3.84. The molecule has 7 heteroatoms. The Balaban J connectivity index is 1.41. The van der Waals surface area contributed by atoms with E-state index >= 15 is 0 Å². The number of aryl methyl sites for hydroxylation is 1. The molecular weight excluding hydrogens is 452 g/mol. The van der Waals surface area contributed by atoms with Crippen molar-refractivity contribution < 1.29 is 19.1 Å². The summed E-state index contributed by atoms with van der Waals surface area (Å²) in [5, 5.41) is 2.76. The van der Waals surface area contributed by atoms with E-state index in [1.54, 1.807) is 30.3 Å². The smallest absolute Gasteiger partial charge is 0.343 e. The second-order valence-electron chi connectivity index (χ2n) is 7.98. The van der Waals surface area contributed by atoms with Crippen LogP contribution in [0.2, 0.25) is 0 Å². The number of ether oxygens (including phenoxy) is 1. The Morgan fingerprint density at radius 1 is 0.912 bits per heavy atom. The molecule has 34 heavy (non-hydrogen) atoms. The fraction of sp³-hybridized carbons (Fsp3) is 0.148. The molecule has 0 aliphatic carbocycles. The van der Waals surface area contributed by atoms with E-state index in [0.717, 1.165) is 21.6 Å². The van der Waals surface area contributed by atoms with Crippen molar-refractivity contribution in [2.24, 2.45) is 0 Å². The Morgan fingerprint density at radius 2 is 1.62 bits per heavy atom. The quantitative estimate of drug-likeness (QED) is 0.296. The molecule has 1 heterocycles. The van der Waals surface area contributed by atoms with Crippen LogP contribution in [-0.2, 0) is 16.0 Å². The van der Waals surface area contributed by atoms with Crippen LogP contribution in [0, 0.1) is 13.8 Å². The molecule has 0 aromatic heterocycles. The van der Waals surface area contributed by atoms with Gasteiger partial charge in [-0.05, 0) is 67.3 Å². The van der Waals surface area contributed by atoms with Gasteiger partial charge in [-0.1, -0.05) is 54.1 Å². The van der Waals surface area contributed by atoms with Crippen molar-refractivity contribution in [3.63, 3.8) is 0 Å². The van der Waals surface area contributed by atoms with Crippen molar-refractivity contribution in [2.75, 3.05) is 11.9 Å². The molecule has 6 nitrogen and oxygen atoms in total. The zero-order valence-electron chi connectivity index (χ0n) is 18.8. The van der Waals surface area contributed by atoms with Crippen LogP contribution in [0.15, 0.2) is 83.5 Å². The van der Waals surface area contributed by atoms with Crippen molar-refractivity contribution in [2.45, 2.75) is 20.3 Å². The standard InChI is InChI=1S/C27H23ClN2O4/c1-17-7-6-10-22(18(17)2)34-27(33)20-11-13-21(14-12-20)29-24-23(28)25(31)30(26(24)32)16-15-19-8-4-3-5-9-19/h3-14,29H,15-16H2,1-2H3. The van der Waals surface area contributed by atoms with Crippen LogP contribution >= 0.6 is 11.6 Å². The molecule has 1 aliphatic heterocycles. The van der Waals surface area contributed by atoms with E-state index < -0.39 is 17.8 Å². The first kappa shape index (κ1) is 23.3. The minimum atomic E-state index is -0.529. The predicted octanol–water partition coefficient (Wildman–Crippen LogP) is 5.00. The first-order chi connectivity index (χ1) is 16.3.